The summed E-state index contributed by atoms with van der Waals surface area (Å²) in [6.07, 6.45) is 4.06. The Kier molecular flexibility index (Phi) is 7.41. The first kappa shape index (κ1) is 16.2. The Morgan fingerprint density at radius 2 is 2.30 bits per heavy atom. The predicted molar refractivity (Wildman–Crippen MR) is 84.3 cm³/mol. The van der Waals surface area contributed by atoms with Crippen LogP contribution in [-0.2, 0) is 0 Å². The molecule has 0 fully saturated rings. The van der Waals surface area contributed by atoms with E-state index in [0.29, 0.717) is 29.9 Å². The molecule has 8 heteroatoms. The highest BCUT2D eigenvalue weighted by molar-refractivity contribution is 7.99. The van der Waals surface area contributed by atoms with Gasteiger partial charge in [-0.05, 0) is 18.9 Å². The predicted octanol–water partition coefficient (Wildman–Crippen LogP) is 1.42. The fourth-order valence-electron chi connectivity index (χ4n) is 1.31. The third kappa shape index (κ3) is 6.93. The molecular formula is C12H21N7S. The molecule has 0 aliphatic carbocycles. The van der Waals surface area contributed by atoms with Crippen LogP contribution in [0.2, 0.25) is 0 Å². The molecule has 1 rings (SSSR count). The molecule has 110 valence electrons. The van der Waals surface area contributed by atoms with Crippen molar-refractivity contribution < 1.29 is 0 Å². The zero-order chi connectivity index (χ0) is 14.8. The first-order chi connectivity index (χ1) is 9.61. The molecule has 0 radical (unpaired) electrons. The van der Waals surface area contributed by atoms with Crippen LogP contribution in [0, 0.1) is 5.41 Å². The number of nitrogens with two attached hydrogens (primary N) is 2. The number of anilines is 1. The van der Waals surface area contributed by atoms with E-state index in [1.54, 1.807) is 12.3 Å². The number of hydrogen-bond acceptors (Lipinski definition) is 5. The van der Waals surface area contributed by atoms with Crippen molar-refractivity contribution in [3.8, 4) is 0 Å². The van der Waals surface area contributed by atoms with Crippen LogP contribution in [0.5, 0.6) is 0 Å². The third-order valence-corrected chi connectivity index (χ3v) is 3.16. The standard InChI is InChI=1S/C12H21N7S/c1-2-6-16-11(15)18-10-5-7-17-12(19-10)20-8-3-4-9(13)14/h5,7H,2-4,6,8H2,1H3,(H3,13,14)(H3,15,16,17,18,19). The van der Waals surface area contributed by atoms with Gasteiger partial charge in [0.25, 0.3) is 0 Å². The van der Waals surface area contributed by atoms with Gasteiger partial charge in [-0.2, -0.15) is 0 Å². The van der Waals surface area contributed by atoms with Crippen molar-refractivity contribution in [3.05, 3.63) is 12.3 Å². The molecule has 0 aromatic carbocycles. The molecule has 1 aromatic heterocycles. The van der Waals surface area contributed by atoms with Crippen LogP contribution in [0.15, 0.2) is 22.4 Å². The number of rotatable bonds is 8. The maximum absolute atomic E-state index is 7.14. The number of hydrogen-bond donors (Lipinski definition) is 4. The van der Waals surface area contributed by atoms with Gasteiger partial charge in [-0.1, -0.05) is 18.7 Å². The van der Waals surface area contributed by atoms with E-state index >= 15 is 0 Å². The zero-order valence-electron chi connectivity index (χ0n) is 11.6. The van der Waals surface area contributed by atoms with Gasteiger partial charge in [-0.15, -0.1) is 0 Å². The summed E-state index contributed by atoms with van der Waals surface area (Å²) in [5.41, 5.74) is 11.0. The highest BCUT2D eigenvalue weighted by atomic mass is 32.2. The molecule has 0 saturated heterocycles. The lowest BCUT2D eigenvalue weighted by atomic mass is 10.3. The van der Waals surface area contributed by atoms with Crippen LogP contribution < -0.4 is 16.8 Å². The number of nitrogens with one attached hydrogen (secondary N) is 2. The van der Waals surface area contributed by atoms with Crippen molar-refractivity contribution in [2.45, 2.75) is 31.3 Å². The van der Waals surface area contributed by atoms with Gasteiger partial charge in [0.1, 0.15) is 5.82 Å². The van der Waals surface area contributed by atoms with E-state index in [-0.39, 0.29) is 5.84 Å². The average Bonchev–Trinajstić information content (AvgIpc) is 2.41. The van der Waals surface area contributed by atoms with Gasteiger partial charge in [-0.25, -0.2) is 9.97 Å². The van der Waals surface area contributed by atoms with Crippen LogP contribution in [-0.4, -0.2) is 34.1 Å². The summed E-state index contributed by atoms with van der Waals surface area (Å²) < 4.78 is 0. The van der Waals surface area contributed by atoms with Gasteiger partial charge < -0.3 is 16.8 Å². The maximum atomic E-state index is 7.14. The smallest absolute Gasteiger partial charge is 0.194 e. The van der Waals surface area contributed by atoms with E-state index in [0.717, 1.165) is 18.6 Å². The monoisotopic (exact) mass is 295 g/mol. The lowest BCUT2D eigenvalue weighted by Crippen LogP contribution is -2.23. The van der Waals surface area contributed by atoms with Crippen LogP contribution in [0.1, 0.15) is 26.2 Å². The zero-order valence-corrected chi connectivity index (χ0v) is 12.4. The second kappa shape index (κ2) is 9.13. The first-order valence-corrected chi connectivity index (χ1v) is 7.46. The quantitative estimate of drug-likeness (QED) is 0.189. The van der Waals surface area contributed by atoms with E-state index in [1.807, 2.05) is 6.92 Å². The fraction of sp³-hybridized carbons (Fsp3) is 0.500. The fourth-order valence-corrected chi connectivity index (χ4v) is 2.08. The van der Waals surface area contributed by atoms with Crippen molar-refractivity contribution in [2.75, 3.05) is 17.6 Å². The molecule has 0 spiro atoms. The van der Waals surface area contributed by atoms with E-state index < -0.39 is 0 Å². The Labute approximate surface area is 123 Å². The number of aromatic nitrogens is 2. The van der Waals surface area contributed by atoms with Gasteiger partial charge in [0, 0.05) is 24.9 Å². The summed E-state index contributed by atoms with van der Waals surface area (Å²) in [6.45, 7) is 2.73. The summed E-state index contributed by atoms with van der Waals surface area (Å²) in [5.74, 6) is 2.02. The first-order valence-electron chi connectivity index (χ1n) is 6.47. The summed E-state index contributed by atoms with van der Waals surface area (Å²) in [4.78, 5) is 12.6. The Morgan fingerprint density at radius 3 is 3.00 bits per heavy atom. The molecule has 0 bridgehead atoms. The normalized spacial score (nSPS) is 11.3. The van der Waals surface area contributed by atoms with Gasteiger partial charge in [0.2, 0.25) is 0 Å². The summed E-state index contributed by atoms with van der Waals surface area (Å²) in [7, 11) is 0. The molecular weight excluding hydrogens is 274 g/mol. The molecule has 1 heterocycles. The van der Waals surface area contributed by atoms with Gasteiger partial charge in [0.05, 0.1) is 5.84 Å². The van der Waals surface area contributed by atoms with E-state index in [1.165, 1.54) is 11.8 Å². The summed E-state index contributed by atoms with van der Waals surface area (Å²) in [6, 6.07) is 1.74. The topological polar surface area (TPSA) is 126 Å². The van der Waals surface area contributed by atoms with E-state index in [4.69, 9.17) is 16.9 Å². The van der Waals surface area contributed by atoms with E-state index in [2.05, 4.69) is 20.3 Å². The average molecular weight is 295 g/mol. The van der Waals surface area contributed by atoms with Gasteiger partial charge >= 0.3 is 0 Å². The number of thioether (sulfide) groups is 1. The van der Waals surface area contributed by atoms with Crippen LogP contribution in [0.3, 0.4) is 0 Å². The Hall–Kier alpha value is -1.83. The number of amidine groups is 1. The van der Waals surface area contributed by atoms with Crippen molar-refractivity contribution in [1.29, 1.82) is 5.41 Å². The molecule has 0 aliphatic heterocycles. The van der Waals surface area contributed by atoms with Gasteiger partial charge in [0.15, 0.2) is 11.1 Å². The largest absolute Gasteiger partial charge is 0.388 e. The highest BCUT2D eigenvalue weighted by Crippen LogP contribution is 2.15. The highest BCUT2D eigenvalue weighted by Gasteiger charge is 2.01. The number of nitrogens with zero attached hydrogens (tertiary/aromatic N) is 3. The van der Waals surface area contributed by atoms with Crippen LogP contribution in [0.4, 0.5) is 5.82 Å². The molecule has 20 heavy (non-hydrogen) atoms. The molecule has 0 unspecified atom stereocenters. The second-order valence-corrected chi connectivity index (χ2v) is 5.16. The van der Waals surface area contributed by atoms with Crippen LogP contribution in [0.25, 0.3) is 0 Å². The molecule has 1 aromatic rings. The SMILES string of the molecule is CCCN=C(N)Nc1ccnc(SCCCC(=N)N)n1. The lowest BCUT2D eigenvalue weighted by molar-refractivity contribution is 0.926. The maximum Gasteiger partial charge on any atom is 0.194 e. The molecule has 7 nitrogen and oxygen atoms in total. The molecule has 6 N–H and O–H groups in total. The number of aliphatic imine (C=N–C) groups is 1. The lowest BCUT2D eigenvalue weighted by Gasteiger charge is -2.06. The minimum Gasteiger partial charge on any atom is -0.388 e. The van der Waals surface area contributed by atoms with Crippen molar-refractivity contribution in [2.24, 2.45) is 16.5 Å². The van der Waals surface area contributed by atoms with Gasteiger partial charge in [-0.3, -0.25) is 10.4 Å². The molecule has 0 amide bonds. The Morgan fingerprint density at radius 1 is 1.50 bits per heavy atom. The summed E-state index contributed by atoms with van der Waals surface area (Å²) >= 11 is 1.53. The van der Waals surface area contributed by atoms with E-state index in [9.17, 15) is 0 Å². The Bertz CT molecular complexity index is 461. The Balaban J connectivity index is 2.46. The molecule has 0 atom stereocenters. The van der Waals surface area contributed by atoms with Crippen LogP contribution >= 0.6 is 11.8 Å². The second-order valence-electron chi connectivity index (χ2n) is 4.09. The third-order valence-electron chi connectivity index (χ3n) is 2.22. The minimum absolute atomic E-state index is 0.210. The minimum atomic E-state index is 0.210. The number of guanidine groups is 1. The molecule has 0 aliphatic rings. The molecule has 0 saturated carbocycles. The summed E-state index contributed by atoms with van der Waals surface area (Å²) in [5, 5.41) is 10.7. The van der Waals surface area contributed by atoms with Crippen molar-refractivity contribution in [1.82, 2.24) is 9.97 Å². The van der Waals surface area contributed by atoms with Crippen molar-refractivity contribution >= 4 is 29.4 Å². The van der Waals surface area contributed by atoms with Crippen molar-refractivity contribution in [3.63, 3.8) is 0 Å².